The molecular weight excluding hydrogens is 410 g/mol. The topological polar surface area (TPSA) is 61.8 Å². The molecule has 9 heteroatoms. The van der Waals surface area contributed by atoms with Gasteiger partial charge in [0.1, 0.15) is 4.34 Å². The van der Waals surface area contributed by atoms with Crippen LogP contribution in [0.4, 0.5) is 0 Å². The maximum absolute atomic E-state index is 5.53. The van der Waals surface area contributed by atoms with Crippen LogP contribution in [0.1, 0.15) is 24.3 Å². The summed E-state index contributed by atoms with van der Waals surface area (Å²) in [5.41, 5.74) is 0. The van der Waals surface area contributed by atoms with Gasteiger partial charge in [0.25, 0.3) is 0 Å². The summed E-state index contributed by atoms with van der Waals surface area (Å²) in [4.78, 5) is 13.1. The van der Waals surface area contributed by atoms with Crippen LogP contribution in [-0.4, -0.2) is 67.5 Å². The molecule has 3 rings (SSSR count). The van der Waals surface area contributed by atoms with Gasteiger partial charge in [0.05, 0.1) is 25.8 Å². The first-order valence-corrected chi connectivity index (χ1v) is 12.5. The Hall–Kier alpha value is -1.13. The number of hydrogen-bond acceptors (Lipinski definition) is 7. The minimum atomic E-state index is 0.319. The van der Waals surface area contributed by atoms with Crippen molar-refractivity contribution in [3.63, 3.8) is 0 Å². The lowest BCUT2D eigenvalue weighted by Gasteiger charge is -2.33. The average molecular weight is 440 g/mol. The van der Waals surface area contributed by atoms with Gasteiger partial charge in [-0.1, -0.05) is 17.8 Å². The van der Waals surface area contributed by atoms with Gasteiger partial charge in [0.15, 0.2) is 5.96 Å². The molecule has 2 N–H and O–H groups in total. The molecule has 1 fully saturated rings. The van der Waals surface area contributed by atoms with Crippen LogP contribution in [-0.2, 0) is 4.74 Å². The van der Waals surface area contributed by atoms with Crippen molar-refractivity contribution in [2.24, 2.45) is 4.99 Å². The highest BCUT2D eigenvalue weighted by Crippen LogP contribution is 2.26. The SMILES string of the molecule is CCNC(=NCC(c1cccs1)N1CCOCC1)NCCCSc1nccs1. The molecule has 0 bridgehead atoms. The molecule has 1 unspecified atom stereocenters. The molecule has 2 aromatic rings. The van der Waals surface area contributed by atoms with E-state index in [-0.39, 0.29) is 0 Å². The van der Waals surface area contributed by atoms with Gasteiger partial charge in [-0.25, -0.2) is 4.98 Å². The number of thiophene rings is 1. The highest BCUT2D eigenvalue weighted by molar-refractivity contribution is 8.00. The molecule has 0 saturated carbocycles. The van der Waals surface area contributed by atoms with E-state index in [1.807, 2.05) is 34.7 Å². The number of nitrogens with zero attached hydrogens (tertiary/aromatic N) is 3. The fraction of sp³-hybridized carbons (Fsp3) is 0.579. The number of hydrogen-bond donors (Lipinski definition) is 2. The van der Waals surface area contributed by atoms with Crippen molar-refractivity contribution in [1.29, 1.82) is 0 Å². The van der Waals surface area contributed by atoms with Gasteiger partial charge in [0, 0.05) is 48.4 Å². The normalized spacial score (nSPS) is 16.8. The van der Waals surface area contributed by atoms with Crippen LogP contribution >= 0.6 is 34.4 Å². The Balaban J connectivity index is 1.50. The van der Waals surface area contributed by atoms with Gasteiger partial charge >= 0.3 is 0 Å². The standard InChI is InChI=1S/C19H29N5OS3/c1-2-20-18(21-6-4-13-27-19-22-7-14-28-19)23-15-16(17-5-3-12-26-17)24-8-10-25-11-9-24/h3,5,7,12,14,16H,2,4,6,8-11,13,15H2,1H3,(H2,20,21,23). The Morgan fingerprint density at radius 2 is 2.21 bits per heavy atom. The number of aromatic nitrogens is 1. The number of nitrogens with one attached hydrogen (secondary N) is 2. The molecule has 3 heterocycles. The Kier molecular flexibility index (Phi) is 9.58. The summed E-state index contributed by atoms with van der Waals surface area (Å²) >= 11 is 5.33. The molecule has 0 aliphatic carbocycles. The van der Waals surface area contributed by atoms with E-state index in [9.17, 15) is 0 Å². The van der Waals surface area contributed by atoms with Gasteiger partial charge in [-0.2, -0.15) is 0 Å². The molecule has 0 spiro atoms. The third-order valence-corrected chi connectivity index (χ3v) is 7.40. The molecular formula is C19H29N5OS3. The van der Waals surface area contributed by atoms with Crippen LogP contribution in [0.25, 0.3) is 0 Å². The van der Waals surface area contributed by atoms with Crippen molar-refractivity contribution < 1.29 is 4.74 Å². The summed E-state index contributed by atoms with van der Waals surface area (Å²) in [5.74, 6) is 1.96. The lowest BCUT2D eigenvalue weighted by atomic mass is 10.2. The minimum absolute atomic E-state index is 0.319. The molecule has 0 aromatic carbocycles. The van der Waals surface area contributed by atoms with Crippen LogP contribution in [0.15, 0.2) is 38.4 Å². The molecule has 0 radical (unpaired) electrons. The number of thiazole rings is 1. The molecule has 154 valence electrons. The fourth-order valence-electron chi connectivity index (χ4n) is 2.99. The first kappa shape index (κ1) is 21.6. The van der Waals surface area contributed by atoms with Gasteiger partial charge in [0.2, 0.25) is 0 Å². The summed E-state index contributed by atoms with van der Waals surface area (Å²) < 4.78 is 6.67. The van der Waals surface area contributed by atoms with Crippen LogP contribution < -0.4 is 10.6 Å². The molecule has 0 amide bonds. The zero-order valence-electron chi connectivity index (χ0n) is 16.3. The number of aliphatic imine (C=N–C) groups is 1. The maximum Gasteiger partial charge on any atom is 0.191 e. The van der Waals surface area contributed by atoms with Crippen molar-refractivity contribution in [1.82, 2.24) is 20.5 Å². The quantitative estimate of drug-likeness (QED) is 0.256. The van der Waals surface area contributed by atoms with Gasteiger partial charge in [-0.3, -0.25) is 9.89 Å². The zero-order chi connectivity index (χ0) is 19.4. The first-order valence-electron chi connectivity index (χ1n) is 9.76. The van der Waals surface area contributed by atoms with Crippen molar-refractivity contribution >= 4 is 40.4 Å². The molecule has 1 aliphatic heterocycles. The highest BCUT2D eigenvalue weighted by atomic mass is 32.2. The third-order valence-electron chi connectivity index (χ3n) is 4.37. The Labute approximate surface area is 179 Å². The monoisotopic (exact) mass is 439 g/mol. The number of morpholine rings is 1. The van der Waals surface area contributed by atoms with Crippen molar-refractivity contribution in [2.45, 2.75) is 23.7 Å². The summed E-state index contributed by atoms with van der Waals surface area (Å²) in [6.07, 6.45) is 2.94. The van der Waals surface area contributed by atoms with Crippen molar-refractivity contribution in [2.75, 3.05) is 51.7 Å². The molecule has 1 saturated heterocycles. The summed E-state index contributed by atoms with van der Waals surface area (Å²) in [7, 11) is 0. The predicted molar refractivity (Wildman–Crippen MR) is 121 cm³/mol. The van der Waals surface area contributed by atoms with E-state index in [0.717, 1.165) is 68.4 Å². The molecule has 1 aliphatic rings. The lowest BCUT2D eigenvalue weighted by molar-refractivity contribution is 0.0186. The Morgan fingerprint density at radius 1 is 1.32 bits per heavy atom. The number of thioether (sulfide) groups is 1. The van der Waals surface area contributed by atoms with E-state index in [0.29, 0.717) is 6.04 Å². The Bertz CT molecular complexity index is 672. The Morgan fingerprint density at radius 3 is 2.93 bits per heavy atom. The van der Waals surface area contributed by atoms with E-state index in [4.69, 9.17) is 9.73 Å². The van der Waals surface area contributed by atoms with Gasteiger partial charge in [-0.05, 0) is 24.8 Å². The van der Waals surface area contributed by atoms with E-state index in [1.54, 1.807) is 11.3 Å². The second-order valence-electron chi connectivity index (χ2n) is 6.33. The second-order valence-corrected chi connectivity index (χ2v) is 9.54. The lowest BCUT2D eigenvalue weighted by Crippen LogP contribution is -2.41. The molecule has 6 nitrogen and oxygen atoms in total. The van der Waals surface area contributed by atoms with Crippen LogP contribution in [0.2, 0.25) is 0 Å². The number of rotatable bonds is 10. The molecule has 1 atom stereocenters. The summed E-state index contributed by atoms with van der Waals surface area (Å²) in [6.45, 7) is 8.18. The fourth-order valence-corrected chi connectivity index (χ4v) is 5.49. The van der Waals surface area contributed by atoms with E-state index < -0.39 is 0 Å². The van der Waals surface area contributed by atoms with E-state index in [2.05, 4.69) is 45.0 Å². The smallest absolute Gasteiger partial charge is 0.191 e. The van der Waals surface area contributed by atoms with Gasteiger partial charge < -0.3 is 15.4 Å². The van der Waals surface area contributed by atoms with Crippen LogP contribution in [0, 0.1) is 0 Å². The molecule has 2 aromatic heterocycles. The van der Waals surface area contributed by atoms with Gasteiger partial charge in [-0.15, -0.1) is 22.7 Å². The predicted octanol–water partition coefficient (Wildman–Crippen LogP) is 3.32. The first-order chi connectivity index (χ1) is 13.9. The number of guanidine groups is 1. The van der Waals surface area contributed by atoms with E-state index >= 15 is 0 Å². The summed E-state index contributed by atoms with van der Waals surface area (Å²) in [6, 6.07) is 4.66. The third kappa shape index (κ3) is 7.04. The summed E-state index contributed by atoms with van der Waals surface area (Å²) in [5, 5.41) is 11.0. The largest absolute Gasteiger partial charge is 0.379 e. The second kappa shape index (κ2) is 12.4. The van der Waals surface area contributed by atoms with Crippen molar-refractivity contribution in [3.05, 3.63) is 34.0 Å². The highest BCUT2D eigenvalue weighted by Gasteiger charge is 2.23. The minimum Gasteiger partial charge on any atom is -0.379 e. The zero-order valence-corrected chi connectivity index (χ0v) is 18.8. The van der Waals surface area contributed by atoms with Crippen LogP contribution in [0.3, 0.4) is 0 Å². The maximum atomic E-state index is 5.53. The van der Waals surface area contributed by atoms with Crippen molar-refractivity contribution in [3.8, 4) is 0 Å². The average Bonchev–Trinajstić information content (AvgIpc) is 3.43. The van der Waals surface area contributed by atoms with Crippen LogP contribution in [0.5, 0.6) is 0 Å². The molecule has 28 heavy (non-hydrogen) atoms. The number of ether oxygens (including phenoxy) is 1. The van der Waals surface area contributed by atoms with E-state index in [1.165, 1.54) is 4.88 Å².